The third kappa shape index (κ3) is 2.23. The average Bonchev–Trinajstić information content (AvgIpc) is 3.04. The van der Waals surface area contributed by atoms with Gasteiger partial charge in [0.1, 0.15) is 0 Å². The Morgan fingerprint density at radius 3 is 2.83 bits per heavy atom. The summed E-state index contributed by atoms with van der Waals surface area (Å²) in [5.41, 5.74) is 3.40. The van der Waals surface area contributed by atoms with Crippen molar-refractivity contribution in [3.05, 3.63) is 30.2 Å². The van der Waals surface area contributed by atoms with Crippen molar-refractivity contribution in [1.29, 1.82) is 0 Å². The van der Waals surface area contributed by atoms with Gasteiger partial charge in [0.25, 0.3) is 0 Å². The highest BCUT2D eigenvalue weighted by Gasteiger charge is 2.16. The summed E-state index contributed by atoms with van der Waals surface area (Å²) in [6.45, 7) is 2.12. The summed E-state index contributed by atoms with van der Waals surface area (Å²) in [4.78, 5) is 0. The van der Waals surface area contributed by atoms with Crippen molar-refractivity contribution in [3.63, 3.8) is 0 Å². The van der Waals surface area contributed by atoms with Crippen LogP contribution in [0.2, 0.25) is 0 Å². The number of benzene rings is 1. The minimum atomic E-state index is 0.574. The molecule has 0 aliphatic heterocycles. The first-order chi connectivity index (χ1) is 8.83. The van der Waals surface area contributed by atoms with Gasteiger partial charge >= 0.3 is 0 Å². The predicted octanol–water partition coefficient (Wildman–Crippen LogP) is 3.40. The number of nitrogens with zero attached hydrogens (tertiary/aromatic N) is 2. The SMILES string of the molecule is Cc1ccc(-c2nnco2)cc1NC1CCCC1. The van der Waals surface area contributed by atoms with Gasteiger partial charge in [0, 0.05) is 17.3 Å². The molecule has 1 aromatic carbocycles. The van der Waals surface area contributed by atoms with Crippen molar-refractivity contribution in [2.45, 2.75) is 38.6 Å². The second-order valence-corrected chi connectivity index (χ2v) is 4.90. The fourth-order valence-corrected chi connectivity index (χ4v) is 2.50. The second kappa shape index (κ2) is 4.80. The van der Waals surface area contributed by atoms with Crippen LogP contribution >= 0.6 is 0 Å². The molecule has 0 unspecified atom stereocenters. The van der Waals surface area contributed by atoms with Crippen LogP contribution in [-0.4, -0.2) is 16.2 Å². The molecule has 0 amide bonds. The van der Waals surface area contributed by atoms with E-state index in [-0.39, 0.29) is 0 Å². The van der Waals surface area contributed by atoms with Crippen LogP contribution in [0, 0.1) is 6.92 Å². The first kappa shape index (κ1) is 11.3. The summed E-state index contributed by atoms with van der Waals surface area (Å²) in [6, 6.07) is 6.82. The zero-order valence-corrected chi connectivity index (χ0v) is 10.5. The molecule has 0 spiro atoms. The topological polar surface area (TPSA) is 51.0 Å². The number of nitrogens with one attached hydrogen (secondary N) is 1. The molecule has 1 aliphatic carbocycles. The zero-order chi connectivity index (χ0) is 12.4. The molecule has 1 N–H and O–H groups in total. The largest absolute Gasteiger partial charge is 0.423 e. The summed E-state index contributed by atoms with van der Waals surface area (Å²) in [6.07, 6.45) is 6.56. The third-order valence-corrected chi connectivity index (χ3v) is 3.56. The summed E-state index contributed by atoms with van der Waals surface area (Å²) in [5.74, 6) is 0.574. The van der Waals surface area contributed by atoms with Gasteiger partial charge in [-0.25, -0.2) is 0 Å². The lowest BCUT2D eigenvalue weighted by atomic mass is 10.1. The van der Waals surface area contributed by atoms with E-state index in [2.05, 4.69) is 34.6 Å². The van der Waals surface area contributed by atoms with Gasteiger partial charge in [-0.3, -0.25) is 0 Å². The molecule has 0 bridgehead atoms. The first-order valence-corrected chi connectivity index (χ1v) is 6.46. The van der Waals surface area contributed by atoms with Crippen molar-refractivity contribution in [2.24, 2.45) is 0 Å². The summed E-state index contributed by atoms with van der Waals surface area (Å²) in [5, 5.41) is 11.3. The standard InChI is InChI=1S/C14H17N3O/c1-10-6-7-11(14-17-15-9-18-14)8-13(10)16-12-4-2-3-5-12/h6-9,12,16H,2-5H2,1H3. The zero-order valence-electron chi connectivity index (χ0n) is 10.5. The average molecular weight is 243 g/mol. The number of hydrogen-bond acceptors (Lipinski definition) is 4. The van der Waals surface area contributed by atoms with E-state index in [0.29, 0.717) is 11.9 Å². The Morgan fingerprint density at radius 1 is 1.28 bits per heavy atom. The van der Waals surface area contributed by atoms with Gasteiger partial charge in [-0.1, -0.05) is 18.9 Å². The van der Waals surface area contributed by atoms with Crippen molar-refractivity contribution in [1.82, 2.24) is 10.2 Å². The molecule has 2 aromatic rings. The summed E-state index contributed by atoms with van der Waals surface area (Å²) in [7, 11) is 0. The highest BCUT2D eigenvalue weighted by atomic mass is 16.4. The van der Waals surface area contributed by atoms with Crippen molar-refractivity contribution in [2.75, 3.05) is 5.32 Å². The molecule has 1 fully saturated rings. The quantitative estimate of drug-likeness (QED) is 0.897. The fraction of sp³-hybridized carbons (Fsp3) is 0.429. The molecule has 0 atom stereocenters. The molecule has 1 aliphatic rings. The van der Waals surface area contributed by atoms with E-state index in [1.807, 2.05) is 6.07 Å². The third-order valence-electron chi connectivity index (χ3n) is 3.56. The van der Waals surface area contributed by atoms with E-state index < -0.39 is 0 Å². The van der Waals surface area contributed by atoms with Crippen LogP contribution in [0.15, 0.2) is 29.0 Å². The second-order valence-electron chi connectivity index (χ2n) is 4.90. The number of rotatable bonds is 3. The van der Waals surface area contributed by atoms with Gasteiger partial charge in [-0.15, -0.1) is 10.2 Å². The Balaban J connectivity index is 1.86. The summed E-state index contributed by atoms with van der Waals surface area (Å²) < 4.78 is 5.23. The van der Waals surface area contributed by atoms with Crippen LogP contribution in [0.5, 0.6) is 0 Å². The Bertz CT molecular complexity index is 516. The predicted molar refractivity (Wildman–Crippen MR) is 70.3 cm³/mol. The molecular weight excluding hydrogens is 226 g/mol. The van der Waals surface area contributed by atoms with Gasteiger partial charge < -0.3 is 9.73 Å². The van der Waals surface area contributed by atoms with Crippen LogP contribution in [-0.2, 0) is 0 Å². The van der Waals surface area contributed by atoms with E-state index in [4.69, 9.17) is 4.42 Å². The molecule has 4 nitrogen and oxygen atoms in total. The maximum absolute atomic E-state index is 5.23. The Hall–Kier alpha value is -1.84. The number of aryl methyl sites for hydroxylation is 1. The lowest BCUT2D eigenvalue weighted by Gasteiger charge is -2.16. The van der Waals surface area contributed by atoms with Gasteiger partial charge in [0.2, 0.25) is 12.3 Å². The Kier molecular flexibility index (Phi) is 3.00. The van der Waals surface area contributed by atoms with Gasteiger partial charge in [0.15, 0.2) is 0 Å². The van der Waals surface area contributed by atoms with E-state index >= 15 is 0 Å². The highest BCUT2D eigenvalue weighted by molar-refractivity contribution is 5.64. The minimum absolute atomic E-state index is 0.574. The molecule has 1 heterocycles. The number of aromatic nitrogens is 2. The maximum atomic E-state index is 5.23. The van der Waals surface area contributed by atoms with Gasteiger partial charge in [0.05, 0.1) is 0 Å². The number of hydrogen-bond donors (Lipinski definition) is 1. The highest BCUT2D eigenvalue weighted by Crippen LogP contribution is 2.27. The van der Waals surface area contributed by atoms with Crippen molar-refractivity contribution >= 4 is 5.69 Å². The molecule has 0 saturated heterocycles. The van der Waals surface area contributed by atoms with E-state index in [1.165, 1.54) is 43.3 Å². The van der Waals surface area contributed by atoms with Gasteiger partial charge in [-0.2, -0.15) is 0 Å². The van der Waals surface area contributed by atoms with Crippen LogP contribution in [0.1, 0.15) is 31.2 Å². The molecule has 94 valence electrons. The molecule has 1 aromatic heterocycles. The Morgan fingerprint density at radius 2 is 2.11 bits per heavy atom. The maximum Gasteiger partial charge on any atom is 0.247 e. The van der Waals surface area contributed by atoms with Crippen LogP contribution in [0.3, 0.4) is 0 Å². The number of anilines is 1. The van der Waals surface area contributed by atoms with E-state index in [0.717, 1.165) is 5.56 Å². The smallest absolute Gasteiger partial charge is 0.247 e. The van der Waals surface area contributed by atoms with Crippen LogP contribution in [0.4, 0.5) is 5.69 Å². The fourth-order valence-electron chi connectivity index (χ4n) is 2.50. The lowest BCUT2D eigenvalue weighted by molar-refractivity contribution is 0.568. The molecule has 0 radical (unpaired) electrons. The minimum Gasteiger partial charge on any atom is -0.423 e. The van der Waals surface area contributed by atoms with Crippen molar-refractivity contribution < 1.29 is 4.42 Å². The Labute approximate surface area is 106 Å². The monoisotopic (exact) mass is 243 g/mol. The first-order valence-electron chi connectivity index (χ1n) is 6.46. The van der Waals surface area contributed by atoms with Crippen LogP contribution < -0.4 is 5.32 Å². The van der Waals surface area contributed by atoms with Crippen molar-refractivity contribution in [3.8, 4) is 11.5 Å². The normalized spacial score (nSPS) is 16.1. The van der Waals surface area contributed by atoms with Crippen LogP contribution in [0.25, 0.3) is 11.5 Å². The summed E-state index contributed by atoms with van der Waals surface area (Å²) >= 11 is 0. The molecule has 18 heavy (non-hydrogen) atoms. The molecule has 4 heteroatoms. The molecular formula is C14H17N3O. The molecule has 1 saturated carbocycles. The van der Waals surface area contributed by atoms with E-state index in [9.17, 15) is 0 Å². The lowest BCUT2D eigenvalue weighted by Crippen LogP contribution is -2.15. The van der Waals surface area contributed by atoms with Gasteiger partial charge in [-0.05, 0) is 37.5 Å². The van der Waals surface area contributed by atoms with E-state index in [1.54, 1.807) is 0 Å². The molecule has 3 rings (SSSR count).